The van der Waals surface area contributed by atoms with E-state index in [1.165, 1.54) is 4.68 Å². The monoisotopic (exact) mass is 522 g/mol. The molecule has 0 radical (unpaired) electrons. The van der Waals surface area contributed by atoms with Crippen LogP contribution in [0.5, 0.6) is 0 Å². The molecule has 194 valence electrons. The number of halogens is 1. The van der Waals surface area contributed by atoms with Crippen LogP contribution in [0, 0.1) is 12.8 Å². The predicted molar refractivity (Wildman–Crippen MR) is 142 cm³/mol. The van der Waals surface area contributed by atoms with Gasteiger partial charge < -0.3 is 9.72 Å². The van der Waals surface area contributed by atoms with Crippen molar-refractivity contribution in [2.24, 2.45) is 5.92 Å². The largest absolute Gasteiger partial charge is 0.465 e. The zero-order valence-electron chi connectivity index (χ0n) is 21.4. The smallest absolute Gasteiger partial charge is 0.327 e. The number of aromatic nitrogens is 5. The third-order valence-electron chi connectivity index (χ3n) is 6.30. The predicted octanol–water partition coefficient (Wildman–Crippen LogP) is 4.44. The molecular formula is C27H31ClN6O3. The van der Waals surface area contributed by atoms with Crippen LogP contribution in [-0.4, -0.2) is 42.7 Å². The van der Waals surface area contributed by atoms with Crippen molar-refractivity contribution < 1.29 is 9.53 Å². The van der Waals surface area contributed by atoms with Gasteiger partial charge in [0.05, 0.1) is 18.2 Å². The second kappa shape index (κ2) is 11.7. The van der Waals surface area contributed by atoms with E-state index in [-0.39, 0.29) is 30.7 Å². The lowest BCUT2D eigenvalue weighted by atomic mass is 9.99. The summed E-state index contributed by atoms with van der Waals surface area (Å²) in [6, 6.07) is 15.2. The molecular weight excluding hydrogens is 492 g/mol. The van der Waals surface area contributed by atoms with E-state index in [9.17, 15) is 9.59 Å². The molecule has 1 N–H and O–H groups in total. The Hall–Kier alpha value is -3.56. The number of tetrazole rings is 1. The number of pyridine rings is 1. The molecule has 0 fully saturated rings. The Bertz CT molecular complexity index is 1450. The lowest BCUT2D eigenvalue weighted by Crippen LogP contribution is -2.36. The molecule has 0 aliphatic rings. The van der Waals surface area contributed by atoms with Gasteiger partial charge in [0.25, 0.3) is 5.56 Å². The van der Waals surface area contributed by atoms with Crippen LogP contribution in [0.4, 0.5) is 0 Å². The summed E-state index contributed by atoms with van der Waals surface area (Å²) >= 11 is 6.54. The minimum atomic E-state index is -0.419. The summed E-state index contributed by atoms with van der Waals surface area (Å²) in [7, 11) is 0. The highest BCUT2D eigenvalue weighted by molar-refractivity contribution is 6.31. The maximum atomic E-state index is 13.2. The normalized spacial score (nSPS) is 12.4. The van der Waals surface area contributed by atoms with Crippen LogP contribution in [0.25, 0.3) is 10.9 Å². The molecule has 10 heteroatoms. The van der Waals surface area contributed by atoms with E-state index in [1.54, 1.807) is 6.92 Å². The number of para-hydroxylation sites is 1. The molecule has 0 unspecified atom stereocenters. The van der Waals surface area contributed by atoms with Gasteiger partial charge in [0, 0.05) is 23.7 Å². The van der Waals surface area contributed by atoms with Crippen molar-refractivity contribution in [1.29, 1.82) is 0 Å². The molecule has 2 aromatic carbocycles. The maximum Gasteiger partial charge on any atom is 0.327 e. The fourth-order valence-electron chi connectivity index (χ4n) is 4.61. The standard InChI is InChI=1S/C27H31ClN6O3/c1-5-37-23(35)16-34-26(30-31-32-34)25(17(2)3)33(14-20-10-6-7-12-22(20)28)15-21-13-19-11-8-9-18(4)24(19)29-27(21)36/h6-13,17,25H,5,14-16H2,1-4H3,(H,29,36)/t25-/m0/s1. The number of aryl methyl sites for hydroxylation is 1. The van der Waals surface area contributed by atoms with Gasteiger partial charge in [-0.25, -0.2) is 4.68 Å². The summed E-state index contributed by atoms with van der Waals surface area (Å²) in [6.07, 6.45) is 0. The molecule has 2 aromatic heterocycles. The van der Waals surface area contributed by atoms with Gasteiger partial charge in [-0.3, -0.25) is 14.5 Å². The highest BCUT2D eigenvalue weighted by Gasteiger charge is 2.31. The van der Waals surface area contributed by atoms with E-state index in [4.69, 9.17) is 16.3 Å². The van der Waals surface area contributed by atoms with Gasteiger partial charge in [-0.2, -0.15) is 0 Å². The number of nitrogens with one attached hydrogen (secondary N) is 1. The molecule has 1 atom stereocenters. The fourth-order valence-corrected chi connectivity index (χ4v) is 4.81. The first-order chi connectivity index (χ1) is 17.8. The number of H-pyrrole nitrogens is 1. The molecule has 0 bridgehead atoms. The molecule has 37 heavy (non-hydrogen) atoms. The molecule has 0 saturated carbocycles. The van der Waals surface area contributed by atoms with E-state index in [0.717, 1.165) is 22.0 Å². The summed E-state index contributed by atoms with van der Waals surface area (Å²) in [4.78, 5) is 30.6. The Kier molecular flexibility index (Phi) is 8.35. The van der Waals surface area contributed by atoms with Gasteiger partial charge in [0.2, 0.25) is 0 Å². The van der Waals surface area contributed by atoms with Gasteiger partial charge in [-0.05, 0) is 58.8 Å². The Labute approximate surface area is 220 Å². The van der Waals surface area contributed by atoms with Crippen molar-refractivity contribution in [3.05, 3.63) is 86.4 Å². The average molecular weight is 523 g/mol. The Balaban J connectivity index is 1.78. The number of carbonyl (C=O) groups is 1. The van der Waals surface area contributed by atoms with Crippen LogP contribution in [0.3, 0.4) is 0 Å². The first-order valence-electron chi connectivity index (χ1n) is 12.3. The zero-order chi connectivity index (χ0) is 26.5. The number of carbonyl (C=O) groups excluding carboxylic acids is 1. The van der Waals surface area contributed by atoms with Crippen LogP contribution in [0.15, 0.2) is 53.3 Å². The summed E-state index contributed by atoms with van der Waals surface area (Å²) in [6.45, 7) is 8.77. The van der Waals surface area contributed by atoms with E-state index >= 15 is 0 Å². The highest BCUT2D eigenvalue weighted by Crippen LogP contribution is 2.31. The van der Waals surface area contributed by atoms with Gasteiger partial charge >= 0.3 is 5.97 Å². The number of rotatable bonds is 10. The SMILES string of the molecule is CCOC(=O)Cn1nnnc1[C@H](C(C)C)N(Cc1ccccc1Cl)Cc1cc2cccc(C)c2[nH]c1=O. The van der Waals surface area contributed by atoms with Crippen molar-refractivity contribution >= 4 is 28.5 Å². The van der Waals surface area contributed by atoms with E-state index in [1.807, 2.05) is 55.5 Å². The number of hydrogen-bond acceptors (Lipinski definition) is 7. The molecule has 9 nitrogen and oxygen atoms in total. The first-order valence-corrected chi connectivity index (χ1v) is 12.7. The van der Waals surface area contributed by atoms with Crippen LogP contribution in [0.1, 0.15) is 49.3 Å². The summed E-state index contributed by atoms with van der Waals surface area (Å²) in [5.74, 6) is 0.136. The average Bonchev–Trinajstić information content (AvgIpc) is 3.29. The van der Waals surface area contributed by atoms with Crippen LogP contribution < -0.4 is 5.56 Å². The lowest BCUT2D eigenvalue weighted by Gasteiger charge is -2.33. The summed E-state index contributed by atoms with van der Waals surface area (Å²) in [5, 5.41) is 13.8. The van der Waals surface area contributed by atoms with E-state index < -0.39 is 5.97 Å². The zero-order valence-corrected chi connectivity index (χ0v) is 22.2. The van der Waals surface area contributed by atoms with Crippen molar-refractivity contribution in [2.75, 3.05) is 6.61 Å². The number of hydrogen-bond donors (Lipinski definition) is 1. The van der Waals surface area contributed by atoms with Crippen molar-refractivity contribution in [3.8, 4) is 0 Å². The van der Waals surface area contributed by atoms with Gasteiger partial charge in [0.1, 0.15) is 6.54 Å². The number of esters is 1. The molecule has 4 rings (SSSR count). The number of aromatic amines is 1. The van der Waals surface area contributed by atoms with Gasteiger partial charge in [-0.1, -0.05) is 61.8 Å². The molecule has 0 aliphatic carbocycles. The van der Waals surface area contributed by atoms with Crippen molar-refractivity contribution in [1.82, 2.24) is 30.1 Å². The second-order valence-corrected chi connectivity index (χ2v) is 9.76. The lowest BCUT2D eigenvalue weighted by molar-refractivity contribution is -0.144. The molecule has 0 spiro atoms. The minimum Gasteiger partial charge on any atom is -0.465 e. The van der Waals surface area contributed by atoms with E-state index in [0.29, 0.717) is 29.5 Å². The third-order valence-corrected chi connectivity index (χ3v) is 6.67. The van der Waals surface area contributed by atoms with Gasteiger partial charge in [-0.15, -0.1) is 5.10 Å². The maximum absolute atomic E-state index is 13.2. The van der Waals surface area contributed by atoms with E-state index in [2.05, 4.69) is 39.3 Å². The van der Waals surface area contributed by atoms with Crippen LogP contribution in [-0.2, 0) is 29.2 Å². The minimum absolute atomic E-state index is 0.0382. The fraction of sp³-hybridized carbons (Fsp3) is 0.370. The van der Waals surface area contributed by atoms with Crippen LogP contribution in [0.2, 0.25) is 5.02 Å². The van der Waals surface area contributed by atoms with Crippen molar-refractivity contribution in [2.45, 2.75) is 53.4 Å². The number of nitrogens with zero attached hydrogens (tertiary/aromatic N) is 5. The summed E-state index contributed by atoms with van der Waals surface area (Å²) < 4.78 is 6.58. The molecule has 0 saturated heterocycles. The quantitative estimate of drug-likeness (QED) is 0.307. The summed E-state index contributed by atoms with van der Waals surface area (Å²) in [5.41, 5.74) is 3.20. The molecule has 4 aromatic rings. The molecule has 0 aliphatic heterocycles. The number of fused-ring (bicyclic) bond motifs is 1. The molecule has 0 amide bonds. The highest BCUT2D eigenvalue weighted by atomic mass is 35.5. The Morgan fingerprint density at radius 1 is 1.14 bits per heavy atom. The van der Waals surface area contributed by atoms with Crippen molar-refractivity contribution in [3.63, 3.8) is 0 Å². The topological polar surface area (TPSA) is 106 Å². The first kappa shape index (κ1) is 26.5. The second-order valence-electron chi connectivity index (χ2n) is 9.35. The number of ether oxygens (including phenoxy) is 1. The third kappa shape index (κ3) is 6.06. The Morgan fingerprint density at radius 3 is 2.62 bits per heavy atom. The van der Waals surface area contributed by atoms with Crippen LogP contribution >= 0.6 is 11.6 Å². The number of benzene rings is 2. The van der Waals surface area contributed by atoms with Gasteiger partial charge in [0.15, 0.2) is 5.82 Å². The molecule has 2 heterocycles. The Morgan fingerprint density at radius 2 is 1.89 bits per heavy atom.